The van der Waals surface area contributed by atoms with Crippen LogP contribution in [0, 0.1) is 5.92 Å². The summed E-state index contributed by atoms with van der Waals surface area (Å²) in [4.78, 5) is 143. The number of hydrogen-bond acceptors (Lipinski definition) is 13. The lowest BCUT2D eigenvalue weighted by molar-refractivity contribution is -0.142. The normalized spacial score (nSPS) is 15.1. The van der Waals surface area contributed by atoms with Gasteiger partial charge < -0.3 is 74.3 Å². The summed E-state index contributed by atoms with van der Waals surface area (Å²) in [6.07, 6.45) is -0.210. The summed E-state index contributed by atoms with van der Waals surface area (Å²) in [5.74, 6) is -12.2. The average molecular weight is 918 g/mol. The minimum absolute atomic E-state index is 0.181. The van der Waals surface area contributed by atoms with E-state index in [1.165, 1.54) is 27.7 Å². The molecule has 0 fully saturated rings. The molecule has 0 radical (unpaired) electrons. The number of nitrogens with two attached hydrogens (primary N) is 2. The molecule has 9 unspecified atom stereocenters. The second kappa shape index (κ2) is 25.8. The Morgan fingerprint density at radius 3 is 1.77 bits per heavy atom. The number of para-hydroxylation sites is 1. The van der Waals surface area contributed by atoms with E-state index in [1.54, 1.807) is 37.4 Å². The van der Waals surface area contributed by atoms with Crippen molar-refractivity contribution in [3.63, 3.8) is 0 Å². The third-order valence-electron chi connectivity index (χ3n) is 10.00. The first-order valence-corrected chi connectivity index (χ1v) is 20.5. The summed E-state index contributed by atoms with van der Waals surface area (Å²) in [5.41, 5.74) is 12.1. The second-order valence-electron chi connectivity index (χ2n) is 15.3. The molecule has 65 heavy (non-hydrogen) atoms. The average Bonchev–Trinajstić information content (AvgIpc) is 3.65. The standard InChI is InChI=1S/C40H59N11O14/c1-6-18(2)32(51-38(63)27(14-30(54)55)48-35(60)21(5)45-33(58)19(3)41)40(65)50-28(17-52)39(64)47-25(11-12-29(42)53)36(61)49-26(13-22-15-43-24-10-8-7-9-23(22)24)37(62)46-20(4)34(59)44-16-31(56)57/h7-10,15,18-21,25-28,32,43,52H,6,11-14,16-17,41H2,1-5H3,(H2,42,53)(H,44,59)(H,45,58)(H,46,62)(H,47,64)(H,48,60)(H,49,61)(H,50,65)(H,51,63)(H,54,55)(H,56,57). The molecule has 1 aromatic carbocycles. The second-order valence-corrected chi connectivity index (χ2v) is 15.3. The monoisotopic (exact) mass is 917 g/mol. The van der Waals surface area contributed by atoms with Crippen LogP contribution in [0.4, 0.5) is 0 Å². The smallest absolute Gasteiger partial charge is 0.322 e. The van der Waals surface area contributed by atoms with Gasteiger partial charge in [0.1, 0.15) is 48.8 Å². The molecule has 1 aromatic heterocycles. The van der Waals surface area contributed by atoms with E-state index in [1.807, 2.05) is 0 Å². The van der Waals surface area contributed by atoms with E-state index in [4.69, 9.17) is 16.6 Å². The number of aromatic nitrogens is 1. The molecule has 0 saturated heterocycles. The van der Waals surface area contributed by atoms with Crippen molar-refractivity contribution in [1.82, 2.24) is 47.5 Å². The van der Waals surface area contributed by atoms with Crippen LogP contribution in [0.2, 0.25) is 0 Å². The molecular formula is C40H59N11O14. The van der Waals surface area contributed by atoms with Crippen LogP contribution in [0.3, 0.4) is 0 Å². The number of aromatic amines is 1. The van der Waals surface area contributed by atoms with Crippen molar-refractivity contribution in [3.8, 4) is 0 Å². The molecule has 0 spiro atoms. The van der Waals surface area contributed by atoms with Crippen LogP contribution < -0.4 is 54.0 Å². The molecule has 0 aliphatic rings. The number of fused-ring (bicyclic) bond motifs is 1. The predicted octanol–water partition coefficient (Wildman–Crippen LogP) is -4.53. The zero-order valence-corrected chi connectivity index (χ0v) is 36.5. The Bertz CT molecular complexity index is 2080. The number of rotatable bonds is 27. The Hall–Kier alpha value is -7.15. The summed E-state index contributed by atoms with van der Waals surface area (Å²) in [5, 5.41) is 47.9. The fraction of sp³-hybridized carbons (Fsp3) is 0.525. The quantitative estimate of drug-likeness (QED) is 0.0402. The zero-order valence-electron chi connectivity index (χ0n) is 36.5. The van der Waals surface area contributed by atoms with Gasteiger partial charge in [0.2, 0.25) is 53.2 Å². The van der Waals surface area contributed by atoms with Gasteiger partial charge in [-0.1, -0.05) is 38.5 Å². The van der Waals surface area contributed by atoms with Crippen molar-refractivity contribution in [2.75, 3.05) is 13.2 Å². The number of carbonyl (C=O) groups is 11. The van der Waals surface area contributed by atoms with Gasteiger partial charge in [-0.3, -0.25) is 52.7 Å². The van der Waals surface area contributed by atoms with Crippen molar-refractivity contribution in [3.05, 3.63) is 36.0 Å². The van der Waals surface area contributed by atoms with Crippen LogP contribution in [-0.2, 0) is 59.2 Å². The third-order valence-corrected chi connectivity index (χ3v) is 10.00. The van der Waals surface area contributed by atoms with Gasteiger partial charge in [0.15, 0.2) is 0 Å². The number of aliphatic carboxylic acids is 2. The molecule has 0 bridgehead atoms. The minimum atomic E-state index is -1.81. The number of carbonyl (C=O) groups excluding carboxylic acids is 9. The Morgan fingerprint density at radius 2 is 1.18 bits per heavy atom. The lowest BCUT2D eigenvalue weighted by Gasteiger charge is -2.29. The molecule has 2 rings (SSSR count). The number of aliphatic hydroxyl groups excluding tert-OH is 1. The van der Waals surface area contributed by atoms with Crippen molar-refractivity contribution in [1.29, 1.82) is 0 Å². The van der Waals surface area contributed by atoms with Gasteiger partial charge in [-0.25, -0.2) is 0 Å². The highest BCUT2D eigenvalue weighted by Gasteiger charge is 2.36. The third kappa shape index (κ3) is 17.5. The Kier molecular flexibility index (Phi) is 21.5. The van der Waals surface area contributed by atoms with E-state index in [9.17, 15) is 63.0 Å². The fourth-order valence-electron chi connectivity index (χ4n) is 6.03. The number of carboxylic acid groups (broad SMARTS) is 2. The molecule has 9 atom stereocenters. The first-order chi connectivity index (χ1) is 30.5. The van der Waals surface area contributed by atoms with Gasteiger partial charge >= 0.3 is 11.9 Å². The number of aliphatic hydroxyl groups is 1. The highest BCUT2D eigenvalue weighted by atomic mass is 16.4. The van der Waals surface area contributed by atoms with Crippen LogP contribution in [0.25, 0.3) is 10.9 Å². The van der Waals surface area contributed by atoms with Crippen molar-refractivity contribution in [2.24, 2.45) is 17.4 Å². The van der Waals surface area contributed by atoms with E-state index >= 15 is 0 Å². The molecule has 0 aliphatic carbocycles. The maximum Gasteiger partial charge on any atom is 0.322 e. The summed E-state index contributed by atoms with van der Waals surface area (Å²) < 4.78 is 0. The van der Waals surface area contributed by atoms with E-state index in [-0.39, 0.29) is 12.8 Å². The lowest BCUT2D eigenvalue weighted by Crippen LogP contribution is -2.61. The van der Waals surface area contributed by atoms with Crippen LogP contribution in [-0.4, -0.2) is 147 Å². The largest absolute Gasteiger partial charge is 0.481 e. The molecule has 0 saturated carbocycles. The summed E-state index contributed by atoms with van der Waals surface area (Å²) in [6.45, 7) is 5.28. The molecule has 16 N–H and O–H groups in total. The number of benzene rings is 1. The van der Waals surface area contributed by atoms with E-state index in [0.717, 1.165) is 0 Å². The van der Waals surface area contributed by atoms with E-state index in [2.05, 4.69) is 47.5 Å². The maximum atomic E-state index is 13.9. The topological polar surface area (TPSA) is 413 Å². The number of nitrogens with one attached hydrogen (secondary N) is 9. The minimum Gasteiger partial charge on any atom is -0.481 e. The molecule has 25 heteroatoms. The highest BCUT2D eigenvalue weighted by Crippen LogP contribution is 2.19. The van der Waals surface area contributed by atoms with Gasteiger partial charge in [0.05, 0.1) is 19.1 Å². The number of amides is 9. The number of hydrogen-bond donors (Lipinski definition) is 14. The first-order valence-electron chi connectivity index (χ1n) is 20.5. The summed E-state index contributed by atoms with van der Waals surface area (Å²) >= 11 is 0. The van der Waals surface area contributed by atoms with Crippen LogP contribution >= 0.6 is 0 Å². The van der Waals surface area contributed by atoms with Crippen LogP contribution in [0.1, 0.15) is 65.9 Å². The van der Waals surface area contributed by atoms with Crippen LogP contribution in [0.15, 0.2) is 30.5 Å². The van der Waals surface area contributed by atoms with Gasteiger partial charge in [0.25, 0.3) is 0 Å². The molecular weight excluding hydrogens is 859 g/mol. The van der Waals surface area contributed by atoms with Gasteiger partial charge in [0, 0.05) is 29.9 Å². The van der Waals surface area contributed by atoms with Crippen molar-refractivity contribution < 1.29 is 68.1 Å². The van der Waals surface area contributed by atoms with Crippen molar-refractivity contribution >= 4 is 76.0 Å². The number of carboxylic acids is 2. The fourth-order valence-corrected chi connectivity index (χ4v) is 6.03. The Morgan fingerprint density at radius 1 is 0.646 bits per heavy atom. The highest BCUT2D eigenvalue weighted by molar-refractivity contribution is 5.99. The first kappa shape index (κ1) is 54.0. The Labute approximate surface area is 372 Å². The molecule has 2 aromatic rings. The van der Waals surface area contributed by atoms with Crippen LogP contribution in [0.5, 0.6) is 0 Å². The number of primary amides is 1. The number of H-pyrrole nitrogens is 1. The van der Waals surface area contributed by atoms with Gasteiger partial charge in [-0.2, -0.15) is 0 Å². The van der Waals surface area contributed by atoms with Crippen molar-refractivity contribution in [2.45, 2.75) is 115 Å². The maximum absolute atomic E-state index is 13.9. The predicted molar refractivity (Wildman–Crippen MR) is 228 cm³/mol. The Balaban J connectivity index is 2.35. The summed E-state index contributed by atoms with van der Waals surface area (Å²) in [7, 11) is 0. The van der Waals surface area contributed by atoms with E-state index in [0.29, 0.717) is 16.5 Å². The SMILES string of the molecule is CCC(C)C(NC(=O)C(CC(=O)O)NC(=O)C(C)NC(=O)C(C)N)C(=O)NC(CO)C(=O)NC(CCC(N)=O)C(=O)NC(Cc1c[nH]c2ccccc12)C(=O)NC(C)C(=O)NCC(=O)O. The molecule has 0 aliphatic heterocycles. The zero-order chi connectivity index (χ0) is 49.1. The van der Waals surface area contributed by atoms with Gasteiger partial charge in [-0.05, 0) is 44.7 Å². The molecule has 9 amide bonds. The molecule has 25 nitrogen and oxygen atoms in total. The van der Waals surface area contributed by atoms with Gasteiger partial charge in [-0.15, -0.1) is 0 Å². The summed E-state index contributed by atoms with van der Waals surface area (Å²) in [6, 6.07) is -4.66. The lowest BCUT2D eigenvalue weighted by atomic mass is 9.97. The molecule has 1 heterocycles. The van der Waals surface area contributed by atoms with E-state index < -0.39 is 152 Å². The molecule has 358 valence electrons.